The number of urea groups is 1. The molecule has 3 atom stereocenters. The van der Waals surface area contributed by atoms with E-state index < -0.39 is 30.4 Å². The molecule has 0 bridgehead atoms. The highest BCUT2D eigenvalue weighted by Crippen LogP contribution is 2.22. The van der Waals surface area contributed by atoms with Crippen LogP contribution in [0.15, 0.2) is 0 Å². The predicted octanol–water partition coefficient (Wildman–Crippen LogP) is 0.887. The zero-order valence-electron chi connectivity index (χ0n) is 11.1. The molecule has 7 heteroatoms. The highest BCUT2D eigenvalue weighted by atomic mass is 16.4. The number of carbonyl (C=O) groups excluding carboxylic acids is 1. The van der Waals surface area contributed by atoms with E-state index in [1.165, 1.54) is 0 Å². The minimum Gasteiger partial charge on any atom is -0.481 e. The molecule has 7 nitrogen and oxygen atoms in total. The molecule has 0 spiro atoms. The molecule has 1 aliphatic rings. The molecule has 0 unspecified atom stereocenters. The maximum atomic E-state index is 12.1. The third-order valence-electron chi connectivity index (χ3n) is 3.40. The second-order valence-electron chi connectivity index (χ2n) is 4.97. The maximum Gasteiger partial charge on any atom is 0.326 e. The van der Waals surface area contributed by atoms with Gasteiger partial charge in [-0.05, 0) is 33.1 Å². The maximum absolute atomic E-state index is 12.1. The van der Waals surface area contributed by atoms with Gasteiger partial charge in [0.15, 0.2) is 0 Å². The monoisotopic (exact) mass is 272 g/mol. The molecular weight excluding hydrogens is 252 g/mol. The summed E-state index contributed by atoms with van der Waals surface area (Å²) in [6.07, 6.45) is 2.14. The first kappa shape index (κ1) is 15.3. The molecule has 1 rings (SSSR count). The Hall–Kier alpha value is -1.79. The van der Waals surface area contributed by atoms with E-state index in [2.05, 4.69) is 5.32 Å². The van der Waals surface area contributed by atoms with Crippen LogP contribution in [-0.2, 0) is 9.59 Å². The fourth-order valence-corrected chi connectivity index (χ4v) is 2.42. The van der Waals surface area contributed by atoms with Crippen LogP contribution in [0.3, 0.4) is 0 Å². The number of hydrogen-bond donors (Lipinski definition) is 3. The molecular formula is C12H20N2O5. The summed E-state index contributed by atoms with van der Waals surface area (Å²) in [7, 11) is 0. The van der Waals surface area contributed by atoms with Gasteiger partial charge in [0.1, 0.15) is 6.04 Å². The van der Waals surface area contributed by atoms with E-state index in [1.54, 1.807) is 4.90 Å². The number of amides is 2. The molecule has 0 saturated carbocycles. The quantitative estimate of drug-likeness (QED) is 0.704. The smallest absolute Gasteiger partial charge is 0.326 e. The number of rotatable bonds is 4. The lowest BCUT2D eigenvalue weighted by Gasteiger charge is -2.39. The van der Waals surface area contributed by atoms with Crippen molar-refractivity contribution in [2.24, 2.45) is 0 Å². The summed E-state index contributed by atoms with van der Waals surface area (Å²) >= 11 is 0. The van der Waals surface area contributed by atoms with E-state index in [-0.39, 0.29) is 12.1 Å². The molecule has 19 heavy (non-hydrogen) atoms. The summed E-state index contributed by atoms with van der Waals surface area (Å²) < 4.78 is 0. The third-order valence-corrected chi connectivity index (χ3v) is 3.40. The largest absolute Gasteiger partial charge is 0.481 e. The Bertz CT molecular complexity index is 361. The molecule has 1 fully saturated rings. The topological polar surface area (TPSA) is 107 Å². The van der Waals surface area contributed by atoms with Crippen molar-refractivity contribution in [3.8, 4) is 0 Å². The van der Waals surface area contributed by atoms with Crippen molar-refractivity contribution in [3.63, 3.8) is 0 Å². The lowest BCUT2D eigenvalue weighted by Crippen LogP contribution is -2.55. The van der Waals surface area contributed by atoms with Gasteiger partial charge in [0.25, 0.3) is 0 Å². The number of hydrogen-bond acceptors (Lipinski definition) is 3. The number of aliphatic carboxylic acids is 2. The van der Waals surface area contributed by atoms with Gasteiger partial charge in [-0.1, -0.05) is 0 Å². The predicted molar refractivity (Wildman–Crippen MR) is 66.8 cm³/mol. The molecule has 1 saturated heterocycles. The van der Waals surface area contributed by atoms with Crippen LogP contribution in [0.2, 0.25) is 0 Å². The second-order valence-corrected chi connectivity index (χ2v) is 4.97. The first-order valence-corrected chi connectivity index (χ1v) is 6.36. The van der Waals surface area contributed by atoms with E-state index in [0.717, 1.165) is 19.3 Å². The molecule has 0 aromatic rings. The lowest BCUT2D eigenvalue weighted by molar-refractivity contribution is -0.145. The van der Waals surface area contributed by atoms with Gasteiger partial charge < -0.3 is 20.4 Å². The number of carbonyl (C=O) groups is 3. The van der Waals surface area contributed by atoms with Gasteiger partial charge in [-0.2, -0.15) is 0 Å². The Morgan fingerprint density at radius 3 is 2.16 bits per heavy atom. The van der Waals surface area contributed by atoms with Gasteiger partial charge in [-0.3, -0.25) is 4.79 Å². The summed E-state index contributed by atoms with van der Waals surface area (Å²) in [5, 5.41) is 19.8. The molecule has 3 N–H and O–H groups in total. The fourth-order valence-electron chi connectivity index (χ4n) is 2.42. The summed E-state index contributed by atoms with van der Waals surface area (Å²) in [6, 6.07) is -1.84. The van der Waals surface area contributed by atoms with E-state index >= 15 is 0 Å². The van der Waals surface area contributed by atoms with Gasteiger partial charge in [0, 0.05) is 12.1 Å². The van der Waals surface area contributed by atoms with Crippen molar-refractivity contribution in [1.29, 1.82) is 0 Å². The van der Waals surface area contributed by atoms with Crippen LogP contribution in [0.25, 0.3) is 0 Å². The Morgan fingerprint density at radius 1 is 1.21 bits per heavy atom. The molecule has 0 aromatic carbocycles. The van der Waals surface area contributed by atoms with Crippen LogP contribution in [0.5, 0.6) is 0 Å². The third kappa shape index (κ3) is 4.11. The normalized spacial score (nSPS) is 24.6. The standard InChI is InChI=1S/C12H20N2O5/c1-7-4-3-5-8(2)14(7)12(19)13-9(11(17)18)6-10(15)16/h7-9H,3-6H2,1-2H3,(H,13,19)(H,15,16)(H,17,18)/t7-,8+,9-/m0/s1. The van der Waals surface area contributed by atoms with Crippen LogP contribution < -0.4 is 5.32 Å². The number of piperidine rings is 1. The highest BCUT2D eigenvalue weighted by molar-refractivity contribution is 5.86. The molecule has 0 radical (unpaired) electrons. The molecule has 108 valence electrons. The number of carboxylic acids is 2. The first-order chi connectivity index (χ1) is 8.82. The lowest BCUT2D eigenvalue weighted by atomic mass is 9.98. The van der Waals surface area contributed by atoms with Crippen molar-refractivity contribution >= 4 is 18.0 Å². The minimum atomic E-state index is -1.40. The summed E-state index contributed by atoms with van der Waals surface area (Å²) in [6.45, 7) is 3.81. The number of likely N-dealkylation sites (tertiary alicyclic amines) is 1. The molecule has 2 amide bonds. The van der Waals surface area contributed by atoms with Crippen LogP contribution in [0.4, 0.5) is 4.79 Å². The van der Waals surface area contributed by atoms with Gasteiger partial charge >= 0.3 is 18.0 Å². The molecule has 0 aromatic heterocycles. The van der Waals surface area contributed by atoms with Crippen LogP contribution in [-0.4, -0.2) is 51.2 Å². The summed E-state index contributed by atoms with van der Waals surface area (Å²) in [5.74, 6) is -2.60. The van der Waals surface area contributed by atoms with Crippen molar-refractivity contribution in [2.45, 2.75) is 57.7 Å². The molecule has 1 aliphatic heterocycles. The number of nitrogens with zero attached hydrogens (tertiary/aromatic N) is 1. The van der Waals surface area contributed by atoms with Gasteiger partial charge in [-0.25, -0.2) is 9.59 Å². The van der Waals surface area contributed by atoms with Crippen molar-refractivity contribution < 1.29 is 24.6 Å². The zero-order chi connectivity index (χ0) is 14.6. The van der Waals surface area contributed by atoms with Gasteiger partial charge in [0.05, 0.1) is 6.42 Å². The van der Waals surface area contributed by atoms with Crippen LogP contribution in [0, 0.1) is 0 Å². The Kier molecular flexibility index (Phi) is 5.14. The van der Waals surface area contributed by atoms with Crippen LogP contribution in [0.1, 0.15) is 39.5 Å². The fraction of sp³-hybridized carbons (Fsp3) is 0.750. The van der Waals surface area contributed by atoms with Crippen molar-refractivity contribution in [1.82, 2.24) is 10.2 Å². The average molecular weight is 272 g/mol. The van der Waals surface area contributed by atoms with Gasteiger partial charge in [-0.15, -0.1) is 0 Å². The van der Waals surface area contributed by atoms with E-state index in [0.29, 0.717) is 0 Å². The molecule has 0 aliphatic carbocycles. The van der Waals surface area contributed by atoms with E-state index in [4.69, 9.17) is 10.2 Å². The van der Waals surface area contributed by atoms with Crippen molar-refractivity contribution in [3.05, 3.63) is 0 Å². The van der Waals surface area contributed by atoms with E-state index in [9.17, 15) is 14.4 Å². The molecule has 1 heterocycles. The first-order valence-electron chi connectivity index (χ1n) is 6.36. The van der Waals surface area contributed by atoms with Crippen molar-refractivity contribution in [2.75, 3.05) is 0 Å². The van der Waals surface area contributed by atoms with Crippen LogP contribution >= 0.6 is 0 Å². The summed E-state index contributed by atoms with van der Waals surface area (Å²) in [5.41, 5.74) is 0. The Balaban J connectivity index is 2.70. The van der Waals surface area contributed by atoms with E-state index in [1.807, 2.05) is 13.8 Å². The Morgan fingerprint density at radius 2 is 1.74 bits per heavy atom. The minimum absolute atomic E-state index is 0.0306. The average Bonchev–Trinajstić information content (AvgIpc) is 2.27. The Labute approximate surface area is 111 Å². The second kappa shape index (κ2) is 6.40. The highest BCUT2D eigenvalue weighted by Gasteiger charge is 2.32. The number of nitrogens with one attached hydrogen (secondary N) is 1. The zero-order valence-corrected chi connectivity index (χ0v) is 11.1. The number of carboxylic acid groups (broad SMARTS) is 2. The van der Waals surface area contributed by atoms with Gasteiger partial charge in [0.2, 0.25) is 0 Å². The SMILES string of the molecule is C[C@@H]1CCC[C@H](C)N1C(=O)N[C@@H](CC(=O)O)C(=O)O. The summed E-state index contributed by atoms with van der Waals surface area (Å²) in [4.78, 5) is 35.2.